The van der Waals surface area contributed by atoms with Crippen LogP contribution in [0.4, 0.5) is 4.79 Å². The van der Waals surface area contributed by atoms with E-state index in [0.29, 0.717) is 0 Å². The summed E-state index contributed by atoms with van der Waals surface area (Å²) in [5, 5.41) is 2.61. The first-order valence-corrected chi connectivity index (χ1v) is 5.56. The average molecular weight is 263 g/mol. The van der Waals surface area contributed by atoms with Crippen molar-refractivity contribution in [3.05, 3.63) is 24.0 Å². The Balaban J connectivity index is 2.36. The van der Waals surface area contributed by atoms with Gasteiger partial charge in [0.1, 0.15) is 11.2 Å². The molecule has 1 aliphatic rings. The van der Waals surface area contributed by atoms with Crippen LogP contribution >= 0.6 is 0 Å². The number of carbonyl (C=O) groups is 2. The van der Waals surface area contributed by atoms with E-state index >= 15 is 0 Å². The third-order valence-electron chi connectivity index (χ3n) is 2.53. The van der Waals surface area contributed by atoms with Crippen LogP contribution in [-0.4, -0.2) is 35.5 Å². The molecule has 19 heavy (non-hydrogen) atoms. The summed E-state index contributed by atoms with van der Waals surface area (Å²) in [5.74, 6) is 0.206. The molecule has 2 rings (SSSR count). The molecule has 7 nitrogen and oxygen atoms in total. The molecule has 1 amide bonds. The highest BCUT2D eigenvalue weighted by atomic mass is 16.7. The van der Waals surface area contributed by atoms with Gasteiger partial charge in [-0.3, -0.25) is 9.79 Å². The smallest absolute Gasteiger partial charge is 0.437 e. The van der Waals surface area contributed by atoms with Gasteiger partial charge in [-0.05, 0) is 26.0 Å². The highest BCUT2D eigenvalue weighted by molar-refractivity contribution is 6.15. The molecule has 0 radical (unpaired) electrons. The van der Waals surface area contributed by atoms with Crippen LogP contribution in [0.5, 0.6) is 5.75 Å². The van der Waals surface area contributed by atoms with Crippen LogP contribution in [-0.2, 0) is 9.53 Å². The summed E-state index contributed by atoms with van der Waals surface area (Å²) in [4.78, 5) is 31.1. The van der Waals surface area contributed by atoms with Gasteiger partial charge in [-0.25, -0.2) is 9.78 Å². The predicted octanol–water partition coefficient (Wildman–Crippen LogP) is 0.882. The fourth-order valence-electron chi connectivity index (χ4n) is 1.51. The van der Waals surface area contributed by atoms with Crippen LogP contribution in [0, 0.1) is 0 Å². The summed E-state index contributed by atoms with van der Waals surface area (Å²) in [5.41, 5.74) is -0.582. The van der Waals surface area contributed by atoms with Gasteiger partial charge < -0.3 is 14.8 Å². The van der Waals surface area contributed by atoms with Crippen molar-refractivity contribution in [2.24, 2.45) is 4.99 Å². The van der Waals surface area contributed by atoms with Crippen molar-refractivity contribution in [2.75, 3.05) is 7.11 Å². The Morgan fingerprint density at radius 3 is 2.74 bits per heavy atom. The predicted molar refractivity (Wildman–Crippen MR) is 66.0 cm³/mol. The number of nitrogens with zero attached hydrogens (tertiary/aromatic N) is 2. The minimum Gasteiger partial charge on any atom is -0.437 e. The van der Waals surface area contributed by atoms with E-state index in [1.54, 1.807) is 26.0 Å². The molecule has 0 atom stereocenters. The number of hydrogen-bond donors (Lipinski definition) is 1. The molecule has 7 heteroatoms. The van der Waals surface area contributed by atoms with Gasteiger partial charge in [0.05, 0.1) is 7.11 Å². The molecule has 1 aromatic heterocycles. The van der Waals surface area contributed by atoms with Gasteiger partial charge in [-0.2, -0.15) is 0 Å². The molecule has 0 saturated heterocycles. The third kappa shape index (κ3) is 2.54. The second-order valence-corrected chi connectivity index (χ2v) is 4.38. The lowest BCUT2D eigenvalue weighted by atomic mass is 10.1. The summed E-state index contributed by atoms with van der Waals surface area (Å²) in [6.07, 6.45) is 0.651. The number of nitrogens with one attached hydrogen (secondary N) is 1. The van der Waals surface area contributed by atoms with Crippen molar-refractivity contribution in [3.8, 4) is 5.75 Å². The zero-order chi connectivity index (χ0) is 14.0. The van der Waals surface area contributed by atoms with Crippen molar-refractivity contribution in [1.29, 1.82) is 0 Å². The number of carbonyl (C=O) groups excluding carboxylic acids is 2. The minimum atomic E-state index is -0.866. The Labute approximate surface area is 109 Å². The van der Waals surface area contributed by atoms with Gasteiger partial charge in [0.2, 0.25) is 0 Å². The van der Waals surface area contributed by atoms with Gasteiger partial charge in [0.15, 0.2) is 11.6 Å². The Morgan fingerprint density at radius 1 is 1.42 bits per heavy atom. The summed E-state index contributed by atoms with van der Waals surface area (Å²) in [6, 6.07) is 3.14. The van der Waals surface area contributed by atoms with Gasteiger partial charge in [0, 0.05) is 6.20 Å². The van der Waals surface area contributed by atoms with E-state index < -0.39 is 11.7 Å². The van der Waals surface area contributed by atoms with E-state index in [-0.39, 0.29) is 23.2 Å². The molecular weight excluding hydrogens is 250 g/mol. The molecule has 0 spiro atoms. The number of aromatic nitrogens is 1. The monoisotopic (exact) mass is 263 g/mol. The molecule has 0 saturated carbocycles. The first-order valence-electron chi connectivity index (χ1n) is 5.56. The number of hydrogen-bond acceptors (Lipinski definition) is 6. The topological polar surface area (TPSA) is 89.9 Å². The average Bonchev–Trinajstić information content (AvgIpc) is 2.64. The van der Waals surface area contributed by atoms with Crippen molar-refractivity contribution in [3.63, 3.8) is 0 Å². The minimum absolute atomic E-state index is 0.172. The molecule has 0 aromatic carbocycles. The Kier molecular flexibility index (Phi) is 3.20. The number of pyridine rings is 1. The van der Waals surface area contributed by atoms with Crippen LogP contribution < -0.4 is 10.1 Å². The molecule has 1 aliphatic heterocycles. The number of methoxy groups -OCH3 is 1. The van der Waals surface area contributed by atoms with Gasteiger partial charge >= 0.3 is 6.16 Å². The van der Waals surface area contributed by atoms with Crippen LogP contribution in [0.15, 0.2) is 23.3 Å². The van der Waals surface area contributed by atoms with Crippen LogP contribution in [0.3, 0.4) is 0 Å². The van der Waals surface area contributed by atoms with E-state index in [1.165, 1.54) is 13.3 Å². The van der Waals surface area contributed by atoms with E-state index in [0.717, 1.165) is 0 Å². The second-order valence-electron chi connectivity index (χ2n) is 4.38. The normalized spacial score (nSPS) is 16.6. The molecular formula is C12H13N3O4. The molecule has 2 heterocycles. The summed E-state index contributed by atoms with van der Waals surface area (Å²) < 4.78 is 9.37. The van der Waals surface area contributed by atoms with E-state index in [1.807, 2.05) is 0 Å². The lowest BCUT2D eigenvalue weighted by Gasteiger charge is -2.07. The molecule has 0 bridgehead atoms. The standard InChI is InChI=1S/C12H13N3O4/c1-12(2)10(16)14-9(15-12)8-7(5-4-6-13-8)19-11(17)18-3/h4-6H,1-3H3,(H,14,15,16). The van der Waals surface area contributed by atoms with Gasteiger partial charge in [-0.15, -0.1) is 0 Å². The molecule has 1 N–H and O–H groups in total. The maximum Gasteiger partial charge on any atom is 0.513 e. The largest absolute Gasteiger partial charge is 0.513 e. The quantitative estimate of drug-likeness (QED) is 0.800. The van der Waals surface area contributed by atoms with Crippen LogP contribution in [0.1, 0.15) is 19.5 Å². The van der Waals surface area contributed by atoms with Gasteiger partial charge in [0.25, 0.3) is 5.91 Å². The highest BCUT2D eigenvalue weighted by Crippen LogP contribution is 2.22. The molecule has 0 unspecified atom stereocenters. The molecule has 100 valence electrons. The summed E-state index contributed by atoms with van der Waals surface area (Å²) in [6.45, 7) is 3.36. The Bertz CT molecular complexity index is 566. The lowest BCUT2D eigenvalue weighted by Crippen LogP contribution is -2.35. The zero-order valence-electron chi connectivity index (χ0n) is 10.8. The SMILES string of the molecule is COC(=O)Oc1cccnc1C1=NC(C)(C)C(=O)N1. The maximum atomic E-state index is 11.7. The van der Waals surface area contributed by atoms with Crippen molar-refractivity contribution in [2.45, 2.75) is 19.4 Å². The maximum absolute atomic E-state index is 11.7. The number of aliphatic imine (C=N–C) groups is 1. The highest BCUT2D eigenvalue weighted by Gasteiger charge is 2.36. The third-order valence-corrected chi connectivity index (χ3v) is 2.53. The van der Waals surface area contributed by atoms with Crippen LogP contribution in [0.2, 0.25) is 0 Å². The second kappa shape index (κ2) is 4.68. The number of amidine groups is 1. The zero-order valence-corrected chi connectivity index (χ0v) is 10.8. The van der Waals surface area contributed by atoms with E-state index in [2.05, 4.69) is 20.0 Å². The molecule has 0 fully saturated rings. The molecule has 0 aliphatic carbocycles. The van der Waals surface area contributed by atoms with E-state index in [4.69, 9.17) is 4.74 Å². The van der Waals surface area contributed by atoms with Gasteiger partial charge in [-0.1, -0.05) is 0 Å². The first kappa shape index (κ1) is 13.0. The van der Waals surface area contributed by atoms with Crippen LogP contribution in [0.25, 0.3) is 0 Å². The summed E-state index contributed by atoms with van der Waals surface area (Å²) in [7, 11) is 1.20. The van der Waals surface area contributed by atoms with Crippen molar-refractivity contribution < 1.29 is 19.1 Å². The van der Waals surface area contributed by atoms with Crippen molar-refractivity contribution in [1.82, 2.24) is 10.3 Å². The summed E-state index contributed by atoms with van der Waals surface area (Å²) >= 11 is 0. The first-order chi connectivity index (χ1) is 8.94. The Hall–Kier alpha value is -2.44. The van der Waals surface area contributed by atoms with E-state index in [9.17, 15) is 9.59 Å². The number of ether oxygens (including phenoxy) is 2. The fraction of sp³-hybridized carbons (Fsp3) is 0.333. The number of rotatable bonds is 2. The number of amides is 1. The van der Waals surface area contributed by atoms with Crippen molar-refractivity contribution >= 4 is 17.9 Å². The molecule has 1 aromatic rings. The Morgan fingerprint density at radius 2 is 2.16 bits per heavy atom. The fourth-order valence-corrected chi connectivity index (χ4v) is 1.51. The lowest BCUT2D eigenvalue weighted by molar-refractivity contribution is -0.122.